The van der Waals surface area contributed by atoms with Crippen LogP contribution in [0.5, 0.6) is 5.75 Å². The van der Waals surface area contributed by atoms with Crippen molar-refractivity contribution in [3.05, 3.63) is 48.0 Å². The SMILES string of the molecule is CC(C)(F)CN1CCC(COc2ccc(-c3ccc(C(=O)N4CCCC(O)C4)nc3)cc2F)CC1. The second kappa shape index (κ2) is 11.0. The summed E-state index contributed by atoms with van der Waals surface area (Å²) in [5.74, 6) is -0.112. The van der Waals surface area contributed by atoms with Gasteiger partial charge in [-0.3, -0.25) is 9.78 Å². The third-order valence-corrected chi connectivity index (χ3v) is 6.71. The van der Waals surface area contributed by atoms with Gasteiger partial charge in [0.25, 0.3) is 5.91 Å². The molecule has 0 aliphatic carbocycles. The van der Waals surface area contributed by atoms with Crippen LogP contribution in [0.2, 0.25) is 0 Å². The predicted octanol–water partition coefficient (Wildman–Crippen LogP) is 4.32. The molecule has 3 heterocycles. The van der Waals surface area contributed by atoms with Crippen LogP contribution in [0.4, 0.5) is 8.78 Å². The lowest BCUT2D eigenvalue weighted by atomic mass is 9.97. The Balaban J connectivity index is 1.31. The molecule has 2 saturated heterocycles. The number of hydrogen-bond acceptors (Lipinski definition) is 5. The number of aliphatic hydroxyl groups excluding tert-OH is 1. The maximum Gasteiger partial charge on any atom is 0.272 e. The van der Waals surface area contributed by atoms with Crippen molar-refractivity contribution in [1.82, 2.24) is 14.8 Å². The molecule has 2 aliphatic rings. The summed E-state index contributed by atoms with van der Waals surface area (Å²) < 4.78 is 34.4. The number of ether oxygens (including phenoxy) is 1. The lowest BCUT2D eigenvalue weighted by molar-refractivity contribution is 0.0469. The quantitative estimate of drug-likeness (QED) is 0.630. The van der Waals surface area contributed by atoms with E-state index >= 15 is 0 Å². The van der Waals surface area contributed by atoms with E-state index in [4.69, 9.17) is 4.74 Å². The predicted molar refractivity (Wildman–Crippen MR) is 131 cm³/mol. The second-order valence-electron chi connectivity index (χ2n) is 10.4. The molecular weight excluding hydrogens is 452 g/mol. The molecule has 1 atom stereocenters. The monoisotopic (exact) mass is 487 g/mol. The molecule has 2 aliphatic heterocycles. The minimum Gasteiger partial charge on any atom is -0.490 e. The number of likely N-dealkylation sites (tertiary alicyclic amines) is 2. The number of carbonyl (C=O) groups excluding carboxylic acids is 1. The van der Waals surface area contributed by atoms with E-state index in [0.717, 1.165) is 32.4 Å². The number of alkyl halides is 1. The fraction of sp³-hybridized carbons (Fsp3) is 0.556. The van der Waals surface area contributed by atoms with Crippen LogP contribution in [0.1, 0.15) is 50.0 Å². The summed E-state index contributed by atoms with van der Waals surface area (Å²) in [5, 5.41) is 9.80. The molecule has 2 fully saturated rings. The van der Waals surface area contributed by atoms with E-state index in [1.807, 2.05) is 0 Å². The molecule has 4 rings (SSSR count). The Bertz CT molecular complexity index is 1000. The molecule has 6 nitrogen and oxygen atoms in total. The highest BCUT2D eigenvalue weighted by molar-refractivity contribution is 5.92. The number of aliphatic hydroxyl groups is 1. The van der Waals surface area contributed by atoms with E-state index in [1.54, 1.807) is 49.2 Å². The van der Waals surface area contributed by atoms with Crippen LogP contribution in [0.3, 0.4) is 0 Å². The van der Waals surface area contributed by atoms with Crippen LogP contribution >= 0.6 is 0 Å². The van der Waals surface area contributed by atoms with Crippen LogP contribution in [-0.4, -0.2) is 76.9 Å². The number of β-amino-alcohol motifs (C(OH)–C–C–N with tert-alkyl or cyclic N) is 1. The Morgan fingerprint density at radius 3 is 2.51 bits per heavy atom. The summed E-state index contributed by atoms with van der Waals surface area (Å²) in [4.78, 5) is 20.7. The molecule has 1 unspecified atom stereocenters. The van der Waals surface area contributed by atoms with Crippen molar-refractivity contribution in [3.8, 4) is 16.9 Å². The molecule has 0 bridgehead atoms. The van der Waals surface area contributed by atoms with Crippen LogP contribution in [0.25, 0.3) is 11.1 Å². The summed E-state index contributed by atoms with van der Waals surface area (Å²) in [6.45, 7) is 6.65. The number of aromatic nitrogens is 1. The first-order valence-electron chi connectivity index (χ1n) is 12.5. The number of halogens is 2. The normalized spacial score (nSPS) is 20.1. The van der Waals surface area contributed by atoms with E-state index in [1.165, 1.54) is 6.07 Å². The summed E-state index contributed by atoms with van der Waals surface area (Å²) >= 11 is 0. The Kier molecular flexibility index (Phi) is 8.02. The van der Waals surface area contributed by atoms with Gasteiger partial charge >= 0.3 is 0 Å². The van der Waals surface area contributed by atoms with Gasteiger partial charge in [-0.1, -0.05) is 12.1 Å². The fourth-order valence-electron chi connectivity index (χ4n) is 4.84. The zero-order valence-electron chi connectivity index (χ0n) is 20.6. The van der Waals surface area contributed by atoms with E-state index in [9.17, 15) is 18.7 Å². The van der Waals surface area contributed by atoms with E-state index < -0.39 is 17.6 Å². The number of nitrogens with zero attached hydrogens (tertiary/aromatic N) is 3. The standard InChI is InChI=1S/C27H35F2N3O3/c1-27(2,29)18-31-12-9-19(10-13-31)17-35-25-8-6-20(14-23(25)28)21-5-7-24(30-15-21)26(34)32-11-3-4-22(33)16-32/h5-8,14-15,19,22,33H,3-4,9-13,16-18H2,1-2H3. The lowest BCUT2D eigenvalue weighted by Gasteiger charge is -2.34. The largest absolute Gasteiger partial charge is 0.490 e. The van der Waals surface area contributed by atoms with Gasteiger partial charge in [0.15, 0.2) is 11.6 Å². The molecule has 8 heteroatoms. The molecule has 0 spiro atoms. The van der Waals surface area contributed by atoms with Gasteiger partial charge < -0.3 is 19.6 Å². The summed E-state index contributed by atoms with van der Waals surface area (Å²) in [6, 6.07) is 8.21. The molecule has 1 aromatic heterocycles. The van der Waals surface area contributed by atoms with Crippen molar-refractivity contribution in [2.75, 3.05) is 39.3 Å². The van der Waals surface area contributed by atoms with Crippen LogP contribution in [0.15, 0.2) is 36.5 Å². The highest BCUT2D eigenvalue weighted by atomic mass is 19.1. The average molecular weight is 488 g/mol. The van der Waals surface area contributed by atoms with Crippen LogP contribution < -0.4 is 4.74 Å². The average Bonchev–Trinajstić information content (AvgIpc) is 2.83. The number of hydrogen-bond donors (Lipinski definition) is 1. The highest BCUT2D eigenvalue weighted by Gasteiger charge is 2.26. The first-order chi connectivity index (χ1) is 16.7. The molecule has 35 heavy (non-hydrogen) atoms. The maximum atomic E-state index is 14.7. The van der Waals surface area contributed by atoms with E-state index in [0.29, 0.717) is 55.4 Å². The topological polar surface area (TPSA) is 65.9 Å². The van der Waals surface area contributed by atoms with Gasteiger partial charge in [-0.15, -0.1) is 0 Å². The fourth-order valence-corrected chi connectivity index (χ4v) is 4.84. The van der Waals surface area contributed by atoms with Crippen molar-refractivity contribution >= 4 is 5.91 Å². The first-order valence-corrected chi connectivity index (χ1v) is 12.5. The molecule has 1 aromatic carbocycles. The summed E-state index contributed by atoms with van der Waals surface area (Å²) in [7, 11) is 0. The second-order valence-corrected chi connectivity index (χ2v) is 10.4. The van der Waals surface area contributed by atoms with Gasteiger partial charge in [-0.05, 0) is 82.3 Å². The lowest BCUT2D eigenvalue weighted by Crippen LogP contribution is -2.42. The molecule has 1 amide bonds. The van der Waals surface area contributed by atoms with Crippen molar-refractivity contribution in [3.63, 3.8) is 0 Å². The molecule has 190 valence electrons. The number of benzene rings is 1. The van der Waals surface area contributed by atoms with Gasteiger partial charge in [0.05, 0.1) is 12.7 Å². The van der Waals surface area contributed by atoms with Gasteiger partial charge in [-0.2, -0.15) is 0 Å². The number of rotatable bonds is 7. The molecule has 0 radical (unpaired) electrons. The molecule has 0 saturated carbocycles. The Morgan fingerprint density at radius 1 is 1.14 bits per heavy atom. The zero-order chi connectivity index (χ0) is 25.0. The summed E-state index contributed by atoms with van der Waals surface area (Å²) in [5.41, 5.74) is 0.464. The van der Waals surface area contributed by atoms with E-state index in [2.05, 4.69) is 9.88 Å². The highest BCUT2D eigenvalue weighted by Crippen LogP contribution is 2.27. The van der Waals surface area contributed by atoms with Crippen LogP contribution in [-0.2, 0) is 0 Å². The van der Waals surface area contributed by atoms with Gasteiger partial charge in [0.1, 0.15) is 11.4 Å². The third kappa shape index (κ3) is 6.98. The van der Waals surface area contributed by atoms with E-state index in [-0.39, 0.29) is 11.7 Å². The number of piperidine rings is 2. The van der Waals surface area contributed by atoms with Gasteiger partial charge in [-0.25, -0.2) is 8.78 Å². The maximum absolute atomic E-state index is 14.7. The molecule has 1 N–H and O–H groups in total. The number of amides is 1. The van der Waals surface area contributed by atoms with Gasteiger partial charge in [0.2, 0.25) is 0 Å². The zero-order valence-corrected chi connectivity index (χ0v) is 20.6. The van der Waals surface area contributed by atoms with Crippen molar-refractivity contribution in [1.29, 1.82) is 0 Å². The third-order valence-electron chi connectivity index (χ3n) is 6.71. The van der Waals surface area contributed by atoms with Crippen molar-refractivity contribution in [2.24, 2.45) is 5.92 Å². The molecule has 2 aromatic rings. The Morgan fingerprint density at radius 2 is 1.89 bits per heavy atom. The van der Waals surface area contributed by atoms with Crippen molar-refractivity contribution in [2.45, 2.75) is 51.3 Å². The first kappa shape index (κ1) is 25.5. The molecular formula is C27H35F2N3O3. The minimum atomic E-state index is -1.20. The van der Waals surface area contributed by atoms with Crippen LogP contribution in [0, 0.1) is 11.7 Å². The Labute approximate surface area is 205 Å². The van der Waals surface area contributed by atoms with Gasteiger partial charge in [0, 0.05) is 31.4 Å². The van der Waals surface area contributed by atoms with Crippen molar-refractivity contribution < 1.29 is 23.4 Å². The minimum absolute atomic E-state index is 0.204. The smallest absolute Gasteiger partial charge is 0.272 e. The number of carbonyl (C=O) groups is 1. The Hall–Kier alpha value is -2.58. The number of pyridine rings is 1. The summed E-state index contributed by atoms with van der Waals surface area (Å²) in [6.07, 6.45) is 4.37.